The zero-order valence-corrected chi connectivity index (χ0v) is 13.7. The molecular formula is C19H24FNO. The second kappa shape index (κ2) is 6.93. The highest BCUT2D eigenvalue weighted by Crippen LogP contribution is 2.31. The van der Waals surface area contributed by atoms with Gasteiger partial charge < -0.3 is 10.5 Å². The molecule has 3 heteroatoms. The lowest BCUT2D eigenvalue weighted by Crippen LogP contribution is -2.18. The number of benzene rings is 2. The Labute approximate surface area is 132 Å². The predicted molar refractivity (Wildman–Crippen MR) is 89.1 cm³/mol. The first kappa shape index (κ1) is 16.5. The number of methoxy groups -OCH3 is 1. The number of halogens is 1. The smallest absolute Gasteiger partial charge is 0.123 e. The Morgan fingerprint density at radius 3 is 2.27 bits per heavy atom. The molecule has 0 aromatic heterocycles. The molecule has 0 saturated heterocycles. The molecule has 0 spiro atoms. The van der Waals surface area contributed by atoms with Crippen LogP contribution in [0.15, 0.2) is 30.3 Å². The molecule has 1 unspecified atom stereocenters. The fourth-order valence-electron chi connectivity index (χ4n) is 3.31. The van der Waals surface area contributed by atoms with E-state index in [0.29, 0.717) is 18.7 Å². The first-order chi connectivity index (χ1) is 10.5. The minimum absolute atomic E-state index is 0.149. The van der Waals surface area contributed by atoms with Crippen molar-refractivity contribution in [1.82, 2.24) is 0 Å². The molecule has 1 atom stereocenters. The van der Waals surface area contributed by atoms with Crippen LogP contribution in [0.4, 0.5) is 4.39 Å². The van der Waals surface area contributed by atoms with Crippen molar-refractivity contribution in [1.29, 1.82) is 0 Å². The molecule has 0 fully saturated rings. The van der Waals surface area contributed by atoms with Crippen LogP contribution in [-0.2, 0) is 6.42 Å². The van der Waals surface area contributed by atoms with Gasteiger partial charge in [-0.05, 0) is 74.2 Å². The fraction of sp³-hybridized carbons (Fsp3) is 0.368. The third kappa shape index (κ3) is 3.47. The molecule has 0 saturated carbocycles. The molecule has 2 rings (SSSR count). The summed E-state index contributed by atoms with van der Waals surface area (Å²) in [5.41, 5.74) is 11.9. The van der Waals surface area contributed by atoms with Gasteiger partial charge in [0.05, 0.1) is 7.11 Å². The van der Waals surface area contributed by atoms with Gasteiger partial charge in [0.2, 0.25) is 0 Å². The summed E-state index contributed by atoms with van der Waals surface area (Å²) in [6.45, 7) is 6.84. The van der Waals surface area contributed by atoms with E-state index in [-0.39, 0.29) is 11.7 Å². The number of ether oxygens (including phenoxy) is 1. The maximum Gasteiger partial charge on any atom is 0.123 e. The topological polar surface area (TPSA) is 35.2 Å². The molecule has 0 radical (unpaired) electrons. The van der Waals surface area contributed by atoms with Crippen LogP contribution in [0, 0.1) is 26.6 Å². The average Bonchev–Trinajstić information content (AvgIpc) is 2.45. The molecule has 0 amide bonds. The van der Waals surface area contributed by atoms with Crippen LogP contribution in [-0.4, -0.2) is 13.7 Å². The third-order valence-corrected chi connectivity index (χ3v) is 4.14. The highest BCUT2D eigenvalue weighted by Gasteiger charge is 2.18. The van der Waals surface area contributed by atoms with Crippen LogP contribution in [0.1, 0.15) is 33.7 Å². The van der Waals surface area contributed by atoms with Crippen molar-refractivity contribution in [2.75, 3.05) is 13.7 Å². The lowest BCUT2D eigenvalue weighted by molar-refractivity contribution is 0.406. The molecule has 2 N–H and O–H groups in total. The Balaban J connectivity index is 2.40. The summed E-state index contributed by atoms with van der Waals surface area (Å²) in [7, 11) is 1.61. The molecule has 2 aromatic rings. The second-order valence-corrected chi connectivity index (χ2v) is 5.91. The van der Waals surface area contributed by atoms with Crippen molar-refractivity contribution < 1.29 is 9.13 Å². The van der Waals surface area contributed by atoms with Gasteiger partial charge in [-0.15, -0.1) is 0 Å². The zero-order valence-electron chi connectivity index (χ0n) is 13.7. The third-order valence-electron chi connectivity index (χ3n) is 4.14. The van der Waals surface area contributed by atoms with Crippen molar-refractivity contribution in [3.63, 3.8) is 0 Å². The lowest BCUT2D eigenvalue weighted by atomic mass is 9.85. The van der Waals surface area contributed by atoms with E-state index in [0.717, 1.165) is 5.56 Å². The SMILES string of the molecule is COc1ccc(F)cc1CC(CN)c1c(C)cc(C)cc1C. The van der Waals surface area contributed by atoms with Gasteiger partial charge in [-0.1, -0.05) is 17.7 Å². The van der Waals surface area contributed by atoms with Gasteiger partial charge in [-0.3, -0.25) is 0 Å². The van der Waals surface area contributed by atoms with Crippen molar-refractivity contribution in [2.24, 2.45) is 5.73 Å². The maximum atomic E-state index is 13.6. The molecule has 0 aliphatic carbocycles. The van der Waals surface area contributed by atoms with E-state index in [2.05, 4.69) is 32.9 Å². The molecule has 0 bridgehead atoms. The van der Waals surface area contributed by atoms with Gasteiger partial charge in [0, 0.05) is 5.92 Å². The number of hydrogen-bond acceptors (Lipinski definition) is 2. The Morgan fingerprint density at radius 2 is 1.73 bits per heavy atom. The van der Waals surface area contributed by atoms with Crippen LogP contribution in [0.3, 0.4) is 0 Å². The summed E-state index contributed by atoms with van der Waals surface area (Å²) in [5.74, 6) is 0.613. The summed E-state index contributed by atoms with van der Waals surface area (Å²) in [6, 6.07) is 8.98. The first-order valence-corrected chi connectivity index (χ1v) is 7.56. The summed E-state index contributed by atoms with van der Waals surface area (Å²) in [5, 5.41) is 0. The minimum Gasteiger partial charge on any atom is -0.496 e. The molecule has 118 valence electrons. The van der Waals surface area contributed by atoms with Crippen molar-refractivity contribution in [2.45, 2.75) is 33.1 Å². The summed E-state index contributed by atoms with van der Waals surface area (Å²) >= 11 is 0. The minimum atomic E-state index is -0.246. The maximum absolute atomic E-state index is 13.6. The monoisotopic (exact) mass is 301 g/mol. The number of aryl methyl sites for hydroxylation is 3. The van der Waals surface area contributed by atoms with Gasteiger partial charge in [0.25, 0.3) is 0 Å². The first-order valence-electron chi connectivity index (χ1n) is 7.56. The molecule has 2 aromatic carbocycles. The zero-order chi connectivity index (χ0) is 16.3. The predicted octanol–water partition coefficient (Wildman–Crippen LogP) is 4.04. The van der Waals surface area contributed by atoms with Gasteiger partial charge in [-0.25, -0.2) is 4.39 Å². The Morgan fingerprint density at radius 1 is 1.09 bits per heavy atom. The highest BCUT2D eigenvalue weighted by atomic mass is 19.1. The van der Waals surface area contributed by atoms with Crippen LogP contribution in [0.5, 0.6) is 5.75 Å². The number of nitrogens with two attached hydrogens (primary N) is 1. The Hall–Kier alpha value is -1.87. The normalized spacial score (nSPS) is 12.3. The van der Waals surface area contributed by atoms with Gasteiger partial charge >= 0.3 is 0 Å². The van der Waals surface area contributed by atoms with Crippen molar-refractivity contribution in [3.8, 4) is 5.75 Å². The van der Waals surface area contributed by atoms with E-state index < -0.39 is 0 Å². The largest absolute Gasteiger partial charge is 0.496 e. The van der Waals surface area contributed by atoms with Crippen molar-refractivity contribution >= 4 is 0 Å². The van der Waals surface area contributed by atoms with Crippen LogP contribution >= 0.6 is 0 Å². The van der Waals surface area contributed by atoms with E-state index in [1.54, 1.807) is 19.2 Å². The van der Waals surface area contributed by atoms with Crippen LogP contribution < -0.4 is 10.5 Å². The second-order valence-electron chi connectivity index (χ2n) is 5.91. The molecule has 2 nitrogen and oxygen atoms in total. The molecular weight excluding hydrogens is 277 g/mol. The number of rotatable bonds is 5. The molecule has 22 heavy (non-hydrogen) atoms. The van der Waals surface area contributed by atoms with Gasteiger partial charge in [0.1, 0.15) is 11.6 Å². The Bertz CT molecular complexity index is 643. The average molecular weight is 301 g/mol. The highest BCUT2D eigenvalue weighted by molar-refractivity contribution is 5.42. The van der Waals surface area contributed by atoms with E-state index in [4.69, 9.17) is 10.5 Å². The number of hydrogen-bond donors (Lipinski definition) is 1. The quantitative estimate of drug-likeness (QED) is 0.904. The summed E-state index contributed by atoms with van der Waals surface area (Å²) in [4.78, 5) is 0. The van der Waals surface area contributed by atoms with Crippen LogP contribution in [0.2, 0.25) is 0 Å². The summed E-state index contributed by atoms with van der Waals surface area (Å²) in [6.07, 6.45) is 0.669. The van der Waals surface area contributed by atoms with E-state index in [1.165, 1.54) is 28.3 Å². The summed E-state index contributed by atoms with van der Waals surface area (Å²) < 4.78 is 18.9. The fourth-order valence-corrected chi connectivity index (χ4v) is 3.31. The van der Waals surface area contributed by atoms with E-state index >= 15 is 0 Å². The molecule has 0 aliphatic heterocycles. The van der Waals surface area contributed by atoms with Crippen molar-refractivity contribution in [3.05, 3.63) is 64.0 Å². The molecule has 0 heterocycles. The Kier molecular flexibility index (Phi) is 5.19. The van der Waals surface area contributed by atoms with Gasteiger partial charge in [-0.2, -0.15) is 0 Å². The van der Waals surface area contributed by atoms with E-state index in [9.17, 15) is 4.39 Å². The van der Waals surface area contributed by atoms with Crippen LogP contribution in [0.25, 0.3) is 0 Å². The van der Waals surface area contributed by atoms with E-state index in [1.807, 2.05) is 0 Å². The molecule has 0 aliphatic rings. The lowest BCUT2D eigenvalue weighted by Gasteiger charge is -2.22. The van der Waals surface area contributed by atoms with Gasteiger partial charge in [0.15, 0.2) is 0 Å². The standard InChI is InChI=1S/C19H24FNO/c1-12-7-13(2)19(14(3)8-12)16(11-21)9-15-10-17(20)5-6-18(15)22-4/h5-8,10,16H,9,11,21H2,1-4H3.